The van der Waals surface area contributed by atoms with Gasteiger partial charge in [-0.2, -0.15) is 20.5 Å². The summed E-state index contributed by atoms with van der Waals surface area (Å²) in [7, 11) is 0. The quantitative estimate of drug-likeness (QED) is 0.856. The number of hydrogen-bond acceptors (Lipinski definition) is 3. The number of nitrogens with one attached hydrogen (secondary N) is 1. The van der Waals surface area contributed by atoms with Gasteiger partial charge >= 0.3 is 6.61 Å². The maximum Gasteiger partial charge on any atom is 0.387 e. The summed E-state index contributed by atoms with van der Waals surface area (Å²) < 4.78 is 28.4. The van der Waals surface area contributed by atoms with Gasteiger partial charge in [-0.05, 0) is 49.6 Å². The van der Waals surface area contributed by atoms with Crippen LogP contribution in [0.3, 0.4) is 0 Å². The van der Waals surface area contributed by atoms with E-state index in [1.165, 1.54) is 25.7 Å². The van der Waals surface area contributed by atoms with Gasteiger partial charge in [0.15, 0.2) is 0 Å². The Kier molecular flexibility index (Phi) is 6.10. The van der Waals surface area contributed by atoms with Crippen LogP contribution in [0.4, 0.5) is 8.78 Å². The van der Waals surface area contributed by atoms with Crippen LogP contribution in [0.1, 0.15) is 31.2 Å². The van der Waals surface area contributed by atoms with Crippen molar-refractivity contribution >= 4 is 11.8 Å². The number of alkyl halides is 2. The highest BCUT2D eigenvalue weighted by Gasteiger charge is 2.19. The maximum atomic E-state index is 12.0. The summed E-state index contributed by atoms with van der Waals surface area (Å²) in [6.45, 7) is -1.98. The van der Waals surface area contributed by atoms with Crippen LogP contribution in [-0.4, -0.2) is 24.2 Å². The number of rotatable bonds is 6. The average molecular weight is 301 g/mol. The first kappa shape index (κ1) is 15.6. The fourth-order valence-corrected chi connectivity index (χ4v) is 3.30. The number of halogens is 2. The van der Waals surface area contributed by atoms with Crippen LogP contribution < -0.4 is 10.1 Å². The normalized spacial score (nSPS) is 23.0. The first-order valence-electron chi connectivity index (χ1n) is 6.97. The summed E-state index contributed by atoms with van der Waals surface area (Å²) in [5.41, 5.74) is 1.10. The molecule has 0 radical (unpaired) electrons. The molecule has 0 aliphatic heterocycles. The van der Waals surface area contributed by atoms with Crippen LogP contribution in [0.2, 0.25) is 0 Å². The highest BCUT2D eigenvalue weighted by atomic mass is 32.2. The Labute approximate surface area is 123 Å². The number of thioether (sulfide) groups is 1. The third kappa shape index (κ3) is 4.94. The Morgan fingerprint density at radius 3 is 2.40 bits per heavy atom. The largest absolute Gasteiger partial charge is 0.435 e. The number of benzene rings is 1. The summed E-state index contributed by atoms with van der Waals surface area (Å²) in [4.78, 5) is 0. The second kappa shape index (κ2) is 7.84. The predicted octanol–water partition coefficient (Wildman–Crippen LogP) is 4.05. The third-order valence-corrected chi connectivity index (χ3v) is 4.89. The van der Waals surface area contributed by atoms with E-state index < -0.39 is 6.61 Å². The molecule has 0 atom stereocenters. The lowest BCUT2D eigenvalue weighted by Gasteiger charge is -2.28. The van der Waals surface area contributed by atoms with Gasteiger partial charge in [0.25, 0.3) is 0 Å². The van der Waals surface area contributed by atoms with E-state index in [9.17, 15) is 8.78 Å². The zero-order chi connectivity index (χ0) is 14.4. The molecule has 1 aliphatic rings. The molecule has 1 aliphatic carbocycles. The monoisotopic (exact) mass is 301 g/mol. The minimum absolute atomic E-state index is 0.212. The Balaban J connectivity index is 1.74. The molecule has 1 aromatic rings. The molecule has 0 bridgehead atoms. The highest BCUT2D eigenvalue weighted by Crippen LogP contribution is 2.27. The van der Waals surface area contributed by atoms with Crippen LogP contribution in [0.15, 0.2) is 24.3 Å². The smallest absolute Gasteiger partial charge is 0.387 e. The summed E-state index contributed by atoms with van der Waals surface area (Å²) in [6, 6.07) is 7.42. The van der Waals surface area contributed by atoms with Gasteiger partial charge in [0.05, 0.1) is 0 Å². The van der Waals surface area contributed by atoms with Crippen LogP contribution in [0.5, 0.6) is 5.75 Å². The molecule has 20 heavy (non-hydrogen) atoms. The molecule has 1 saturated carbocycles. The first-order valence-corrected chi connectivity index (χ1v) is 8.26. The van der Waals surface area contributed by atoms with Crippen LogP contribution in [-0.2, 0) is 6.54 Å². The van der Waals surface area contributed by atoms with E-state index in [1.54, 1.807) is 12.1 Å². The van der Waals surface area contributed by atoms with E-state index in [1.807, 2.05) is 23.9 Å². The molecular weight excluding hydrogens is 280 g/mol. The van der Waals surface area contributed by atoms with Crippen molar-refractivity contribution in [2.24, 2.45) is 0 Å². The molecule has 0 unspecified atom stereocenters. The molecule has 0 spiro atoms. The molecule has 0 amide bonds. The second-order valence-corrected chi connectivity index (χ2v) is 6.25. The van der Waals surface area contributed by atoms with Crippen LogP contribution in [0, 0.1) is 0 Å². The second-order valence-electron chi connectivity index (χ2n) is 5.11. The minimum atomic E-state index is -2.76. The Morgan fingerprint density at radius 1 is 1.20 bits per heavy atom. The van der Waals surface area contributed by atoms with Crippen molar-refractivity contribution in [3.8, 4) is 5.75 Å². The lowest BCUT2D eigenvalue weighted by Crippen LogP contribution is -2.33. The first-order chi connectivity index (χ1) is 9.67. The molecule has 2 nitrogen and oxygen atoms in total. The standard InChI is InChI=1S/C15H21F2NOS/c1-20-14-8-4-12(5-9-14)18-10-11-2-6-13(7-3-11)19-15(16)17/h2-3,6-7,12,14-15,18H,4-5,8-10H2,1H3. The van der Waals surface area contributed by atoms with Gasteiger partial charge < -0.3 is 10.1 Å². The molecule has 0 saturated heterocycles. The SMILES string of the molecule is CSC1CCC(NCc2ccc(OC(F)F)cc2)CC1. The van der Waals surface area contributed by atoms with E-state index in [0.29, 0.717) is 6.04 Å². The zero-order valence-electron chi connectivity index (χ0n) is 11.6. The third-order valence-electron chi connectivity index (χ3n) is 3.75. The van der Waals surface area contributed by atoms with Crippen molar-refractivity contribution in [1.29, 1.82) is 0 Å². The molecule has 1 aromatic carbocycles. The molecular formula is C15H21F2NOS. The summed E-state index contributed by atoms with van der Waals surface area (Å²) in [6.07, 6.45) is 7.18. The van der Waals surface area contributed by atoms with Crippen molar-refractivity contribution in [2.45, 2.75) is 50.1 Å². The lowest BCUT2D eigenvalue weighted by molar-refractivity contribution is -0.0498. The molecule has 1 N–H and O–H groups in total. The number of ether oxygens (including phenoxy) is 1. The fraction of sp³-hybridized carbons (Fsp3) is 0.600. The van der Waals surface area contributed by atoms with E-state index in [0.717, 1.165) is 17.4 Å². The molecule has 1 fully saturated rings. The molecule has 5 heteroatoms. The topological polar surface area (TPSA) is 21.3 Å². The summed E-state index contributed by atoms with van der Waals surface area (Å²) in [5.74, 6) is 0.212. The maximum absolute atomic E-state index is 12.0. The van der Waals surface area contributed by atoms with E-state index >= 15 is 0 Å². The van der Waals surface area contributed by atoms with Crippen molar-refractivity contribution in [2.75, 3.05) is 6.26 Å². The Morgan fingerprint density at radius 2 is 1.85 bits per heavy atom. The molecule has 0 heterocycles. The van der Waals surface area contributed by atoms with Gasteiger partial charge in [-0.25, -0.2) is 0 Å². The van der Waals surface area contributed by atoms with E-state index in [2.05, 4.69) is 16.3 Å². The molecule has 0 aromatic heterocycles. The summed E-state index contributed by atoms with van der Waals surface area (Å²) >= 11 is 1.97. The van der Waals surface area contributed by atoms with E-state index in [4.69, 9.17) is 0 Å². The van der Waals surface area contributed by atoms with Crippen molar-refractivity contribution < 1.29 is 13.5 Å². The predicted molar refractivity (Wildman–Crippen MR) is 79.5 cm³/mol. The van der Waals surface area contributed by atoms with Crippen LogP contribution in [0.25, 0.3) is 0 Å². The Hall–Kier alpha value is -0.810. The Bertz CT molecular complexity index is 391. The average Bonchev–Trinajstić information content (AvgIpc) is 2.46. The van der Waals surface area contributed by atoms with Gasteiger partial charge in [0, 0.05) is 17.8 Å². The van der Waals surface area contributed by atoms with E-state index in [-0.39, 0.29) is 5.75 Å². The van der Waals surface area contributed by atoms with Gasteiger partial charge in [-0.3, -0.25) is 0 Å². The zero-order valence-corrected chi connectivity index (χ0v) is 12.5. The highest BCUT2D eigenvalue weighted by molar-refractivity contribution is 7.99. The number of hydrogen-bond donors (Lipinski definition) is 1. The fourth-order valence-electron chi connectivity index (χ4n) is 2.55. The summed E-state index contributed by atoms with van der Waals surface area (Å²) in [5, 5.41) is 4.36. The van der Waals surface area contributed by atoms with Crippen molar-refractivity contribution in [3.05, 3.63) is 29.8 Å². The van der Waals surface area contributed by atoms with Gasteiger partial charge in [0.2, 0.25) is 0 Å². The lowest BCUT2D eigenvalue weighted by atomic mass is 9.95. The van der Waals surface area contributed by atoms with Gasteiger partial charge in [-0.15, -0.1) is 0 Å². The molecule has 112 valence electrons. The molecule has 2 rings (SSSR count). The van der Waals surface area contributed by atoms with Gasteiger partial charge in [-0.1, -0.05) is 12.1 Å². The van der Waals surface area contributed by atoms with Gasteiger partial charge in [0.1, 0.15) is 5.75 Å². The minimum Gasteiger partial charge on any atom is -0.435 e. The van der Waals surface area contributed by atoms with Crippen molar-refractivity contribution in [3.63, 3.8) is 0 Å². The van der Waals surface area contributed by atoms with Crippen molar-refractivity contribution in [1.82, 2.24) is 5.32 Å². The van der Waals surface area contributed by atoms with Crippen LogP contribution >= 0.6 is 11.8 Å².